The van der Waals surface area contributed by atoms with Crippen LogP contribution in [0.4, 0.5) is 16.6 Å². The van der Waals surface area contributed by atoms with Crippen LogP contribution < -0.4 is 11.1 Å². The first kappa shape index (κ1) is 26.2. The van der Waals surface area contributed by atoms with Gasteiger partial charge in [-0.3, -0.25) is 4.90 Å². The largest absolute Gasteiger partial charge is 0.444 e. The van der Waals surface area contributed by atoms with Crippen LogP contribution in [0.3, 0.4) is 0 Å². The highest BCUT2D eigenvalue weighted by atomic mass is 16.6. The molecular formula is C29H39N7O2. The Morgan fingerprint density at radius 3 is 2.42 bits per heavy atom. The minimum absolute atomic E-state index is 0.196. The van der Waals surface area contributed by atoms with E-state index in [4.69, 9.17) is 15.5 Å². The average Bonchev–Trinajstić information content (AvgIpc) is 2.80. The molecule has 2 aliphatic rings. The van der Waals surface area contributed by atoms with Crippen molar-refractivity contribution in [3.05, 3.63) is 53.2 Å². The number of aromatic nitrogens is 3. The van der Waals surface area contributed by atoms with Crippen molar-refractivity contribution in [2.45, 2.75) is 59.1 Å². The molecule has 9 nitrogen and oxygen atoms in total. The van der Waals surface area contributed by atoms with Crippen LogP contribution in [-0.4, -0.2) is 69.2 Å². The summed E-state index contributed by atoms with van der Waals surface area (Å²) in [5.74, 6) is 0.957. The lowest BCUT2D eigenvalue weighted by Gasteiger charge is -2.60. The molecule has 1 spiro atoms. The number of pyridine rings is 1. The number of nitrogens with zero attached hydrogens (tertiary/aromatic N) is 5. The van der Waals surface area contributed by atoms with E-state index in [1.807, 2.05) is 37.8 Å². The van der Waals surface area contributed by atoms with Crippen LogP contribution in [-0.2, 0) is 17.7 Å². The predicted octanol–water partition coefficient (Wildman–Crippen LogP) is 4.46. The first-order valence-electron chi connectivity index (χ1n) is 13.6. The Kier molecular flexibility index (Phi) is 7.13. The zero-order chi connectivity index (χ0) is 26.9. The van der Waals surface area contributed by atoms with Gasteiger partial charge in [0.15, 0.2) is 5.82 Å². The summed E-state index contributed by atoms with van der Waals surface area (Å²) >= 11 is 0. The maximum Gasteiger partial charge on any atom is 0.410 e. The first-order valence-corrected chi connectivity index (χ1v) is 13.6. The number of nitrogen functional groups attached to an aromatic ring is 1. The van der Waals surface area contributed by atoms with Crippen LogP contribution in [0.2, 0.25) is 0 Å². The average molecular weight is 518 g/mol. The number of ether oxygens (including phenoxy) is 1. The van der Waals surface area contributed by atoms with Crippen LogP contribution in [0.5, 0.6) is 0 Å². The van der Waals surface area contributed by atoms with E-state index in [-0.39, 0.29) is 17.5 Å². The second kappa shape index (κ2) is 10.4. The van der Waals surface area contributed by atoms with Crippen molar-refractivity contribution in [3.63, 3.8) is 0 Å². The number of likely N-dealkylation sites (tertiary alicyclic amines) is 2. The molecule has 3 N–H and O–H groups in total. The molecule has 3 aromatic rings. The molecule has 38 heavy (non-hydrogen) atoms. The number of fused-ring (bicyclic) bond motifs is 1. The van der Waals surface area contributed by atoms with E-state index < -0.39 is 5.60 Å². The third kappa shape index (κ3) is 5.99. The SMILES string of the molecule is CCCCNc1nc(N)nc2ccc(Cc3ccc(CN4CC5(C4)CN(C(=O)OC(C)(C)C)C5)cc3)nc12. The Hall–Kier alpha value is -3.46. The first-order chi connectivity index (χ1) is 18.1. The van der Waals surface area contributed by atoms with Gasteiger partial charge in [0, 0.05) is 56.8 Å². The number of benzene rings is 1. The van der Waals surface area contributed by atoms with E-state index in [0.29, 0.717) is 5.82 Å². The minimum Gasteiger partial charge on any atom is -0.444 e. The number of nitrogens with one attached hydrogen (secondary N) is 1. The second-order valence-electron chi connectivity index (χ2n) is 11.9. The van der Waals surface area contributed by atoms with Gasteiger partial charge in [0.1, 0.15) is 11.1 Å². The van der Waals surface area contributed by atoms with Crippen molar-refractivity contribution >= 4 is 28.9 Å². The van der Waals surface area contributed by atoms with E-state index in [1.165, 1.54) is 11.1 Å². The quantitative estimate of drug-likeness (QED) is 0.422. The van der Waals surface area contributed by atoms with Crippen molar-refractivity contribution in [2.24, 2.45) is 5.41 Å². The van der Waals surface area contributed by atoms with Gasteiger partial charge in [-0.1, -0.05) is 37.6 Å². The van der Waals surface area contributed by atoms with E-state index in [0.717, 1.165) is 75.3 Å². The van der Waals surface area contributed by atoms with Crippen LogP contribution in [0.1, 0.15) is 57.4 Å². The third-order valence-corrected chi connectivity index (χ3v) is 7.08. The maximum atomic E-state index is 12.2. The van der Waals surface area contributed by atoms with Crippen molar-refractivity contribution in [1.82, 2.24) is 24.8 Å². The molecule has 202 valence electrons. The van der Waals surface area contributed by atoms with E-state index in [9.17, 15) is 4.79 Å². The van der Waals surface area contributed by atoms with Gasteiger partial charge < -0.3 is 20.7 Å². The van der Waals surface area contributed by atoms with Gasteiger partial charge in [0.25, 0.3) is 0 Å². The van der Waals surface area contributed by atoms with Gasteiger partial charge in [-0.05, 0) is 50.5 Å². The van der Waals surface area contributed by atoms with Crippen LogP contribution in [0.25, 0.3) is 11.0 Å². The number of carbonyl (C=O) groups is 1. The van der Waals surface area contributed by atoms with Crippen LogP contribution >= 0.6 is 0 Å². The summed E-state index contributed by atoms with van der Waals surface area (Å²) in [7, 11) is 0. The molecule has 2 aliphatic heterocycles. The summed E-state index contributed by atoms with van der Waals surface area (Å²) in [4.78, 5) is 30.1. The lowest BCUT2D eigenvalue weighted by Crippen LogP contribution is -2.72. The number of nitrogens with two attached hydrogens (primary N) is 1. The number of rotatable bonds is 8. The van der Waals surface area contributed by atoms with Gasteiger partial charge in [0.05, 0.1) is 5.52 Å². The lowest BCUT2D eigenvalue weighted by atomic mass is 9.73. The molecule has 4 heterocycles. The van der Waals surface area contributed by atoms with Gasteiger partial charge >= 0.3 is 6.09 Å². The summed E-state index contributed by atoms with van der Waals surface area (Å²) in [6.07, 6.45) is 2.70. The Morgan fingerprint density at radius 2 is 1.74 bits per heavy atom. The summed E-state index contributed by atoms with van der Waals surface area (Å²) < 4.78 is 5.49. The van der Waals surface area contributed by atoms with Crippen molar-refractivity contribution in [3.8, 4) is 0 Å². The van der Waals surface area contributed by atoms with E-state index in [2.05, 4.69) is 51.4 Å². The zero-order valence-electron chi connectivity index (χ0n) is 23.0. The molecule has 2 saturated heterocycles. The smallest absolute Gasteiger partial charge is 0.410 e. The Morgan fingerprint density at radius 1 is 1.03 bits per heavy atom. The maximum absolute atomic E-state index is 12.2. The molecule has 2 aromatic heterocycles. The molecule has 2 fully saturated rings. The van der Waals surface area contributed by atoms with Crippen molar-refractivity contribution in [2.75, 3.05) is 43.8 Å². The summed E-state index contributed by atoms with van der Waals surface area (Å²) in [6, 6.07) is 12.8. The second-order valence-corrected chi connectivity index (χ2v) is 11.9. The number of unbranched alkanes of at least 4 members (excludes halogenated alkanes) is 1. The fourth-order valence-electron chi connectivity index (χ4n) is 5.34. The number of amides is 1. The molecule has 5 rings (SSSR count). The van der Waals surface area contributed by atoms with Gasteiger partial charge in [0.2, 0.25) is 5.95 Å². The fourth-order valence-corrected chi connectivity index (χ4v) is 5.34. The summed E-state index contributed by atoms with van der Waals surface area (Å²) in [5, 5.41) is 3.36. The zero-order valence-corrected chi connectivity index (χ0v) is 23.0. The summed E-state index contributed by atoms with van der Waals surface area (Å²) in [5.41, 5.74) is 10.7. The molecule has 1 amide bonds. The molecule has 0 bridgehead atoms. The van der Waals surface area contributed by atoms with E-state index >= 15 is 0 Å². The molecular weight excluding hydrogens is 478 g/mol. The molecule has 0 atom stereocenters. The Bertz CT molecular complexity index is 1290. The minimum atomic E-state index is -0.445. The van der Waals surface area contributed by atoms with Crippen molar-refractivity contribution in [1.29, 1.82) is 0 Å². The van der Waals surface area contributed by atoms with Gasteiger partial charge in [-0.2, -0.15) is 4.98 Å². The van der Waals surface area contributed by atoms with E-state index in [1.54, 1.807) is 0 Å². The monoisotopic (exact) mass is 517 g/mol. The number of hydrogen-bond acceptors (Lipinski definition) is 8. The molecule has 0 saturated carbocycles. The highest BCUT2D eigenvalue weighted by molar-refractivity contribution is 5.86. The summed E-state index contributed by atoms with van der Waals surface area (Å²) in [6.45, 7) is 13.3. The molecule has 0 radical (unpaired) electrons. The number of hydrogen-bond donors (Lipinski definition) is 2. The molecule has 0 unspecified atom stereocenters. The van der Waals surface area contributed by atoms with Gasteiger partial charge in [-0.15, -0.1) is 0 Å². The number of carbonyl (C=O) groups excluding carboxylic acids is 1. The fraction of sp³-hybridized carbons (Fsp3) is 0.517. The lowest BCUT2D eigenvalue weighted by molar-refractivity contribution is -0.115. The topological polar surface area (TPSA) is 110 Å². The molecule has 9 heteroatoms. The predicted molar refractivity (Wildman–Crippen MR) is 150 cm³/mol. The highest BCUT2D eigenvalue weighted by Crippen LogP contribution is 2.40. The molecule has 1 aromatic carbocycles. The van der Waals surface area contributed by atoms with Crippen LogP contribution in [0.15, 0.2) is 36.4 Å². The Balaban J connectivity index is 1.14. The third-order valence-electron chi connectivity index (χ3n) is 7.08. The Labute approximate surface area is 224 Å². The van der Waals surface area contributed by atoms with Crippen LogP contribution in [0, 0.1) is 5.41 Å². The standard InChI is InChI=1S/C29H39N7O2/c1-5-6-13-31-25-24-23(33-26(30)34-25)12-11-22(32-24)14-20-7-9-21(10-8-20)15-35-16-29(17-35)18-36(19-29)27(37)38-28(2,3)4/h7-12H,5-6,13-19H2,1-4H3,(H3,30,31,33,34). The van der Waals surface area contributed by atoms with Gasteiger partial charge in [-0.25, -0.2) is 14.8 Å². The highest BCUT2D eigenvalue weighted by Gasteiger charge is 2.53. The normalized spacial score (nSPS) is 16.8. The number of anilines is 2. The molecule has 0 aliphatic carbocycles. The van der Waals surface area contributed by atoms with Crippen molar-refractivity contribution < 1.29 is 9.53 Å².